The van der Waals surface area contributed by atoms with E-state index in [0.29, 0.717) is 23.7 Å². The quantitative estimate of drug-likeness (QED) is 0.879. The summed E-state index contributed by atoms with van der Waals surface area (Å²) >= 11 is 0. The molecule has 1 heterocycles. The van der Waals surface area contributed by atoms with E-state index in [0.717, 1.165) is 11.3 Å². The minimum atomic E-state index is -0.411. The molecule has 2 amide bonds. The summed E-state index contributed by atoms with van der Waals surface area (Å²) in [6.45, 7) is 4.34. The predicted octanol–water partition coefficient (Wildman–Crippen LogP) is 3.31. The SMILES string of the molecule is COc1ccc(N2C[C@H](C(=O)Nc3ccc(C)c(C)c3)CC2=O)c(OC)c1. The van der Waals surface area contributed by atoms with Gasteiger partial charge in [-0.05, 0) is 49.2 Å². The molecule has 1 aliphatic heterocycles. The Balaban J connectivity index is 1.75. The lowest BCUT2D eigenvalue weighted by Crippen LogP contribution is -2.28. The van der Waals surface area contributed by atoms with Crippen molar-refractivity contribution in [1.29, 1.82) is 0 Å². The van der Waals surface area contributed by atoms with Crippen molar-refractivity contribution < 1.29 is 19.1 Å². The summed E-state index contributed by atoms with van der Waals surface area (Å²) < 4.78 is 10.6. The van der Waals surface area contributed by atoms with Gasteiger partial charge in [0.1, 0.15) is 11.5 Å². The average Bonchev–Trinajstić information content (AvgIpc) is 3.05. The smallest absolute Gasteiger partial charge is 0.229 e. The molecular weight excluding hydrogens is 344 g/mol. The summed E-state index contributed by atoms with van der Waals surface area (Å²) in [4.78, 5) is 26.8. The number of carbonyl (C=O) groups is 2. The zero-order valence-corrected chi connectivity index (χ0v) is 16.0. The molecule has 0 aliphatic carbocycles. The van der Waals surface area contributed by atoms with Crippen LogP contribution in [0, 0.1) is 19.8 Å². The van der Waals surface area contributed by atoms with Gasteiger partial charge < -0.3 is 19.7 Å². The molecular formula is C21H24N2O4. The molecule has 2 aromatic rings. The maximum absolute atomic E-state index is 12.6. The first-order valence-corrected chi connectivity index (χ1v) is 8.83. The van der Waals surface area contributed by atoms with E-state index in [1.165, 1.54) is 5.56 Å². The molecule has 0 aromatic heterocycles. The Bertz CT molecular complexity index is 878. The van der Waals surface area contributed by atoms with Gasteiger partial charge in [-0.2, -0.15) is 0 Å². The third kappa shape index (κ3) is 3.89. The zero-order valence-electron chi connectivity index (χ0n) is 16.0. The van der Waals surface area contributed by atoms with E-state index in [1.807, 2.05) is 32.0 Å². The van der Waals surface area contributed by atoms with E-state index in [-0.39, 0.29) is 18.2 Å². The lowest BCUT2D eigenvalue weighted by Gasteiger charge is -2.20. The van der Waals surface area contributed by atoms with Crippen molar-refractivity contribution in [3.8, 4) is 11.5 Å². The number of methoxy groups -OCH3 is 2. The highest BCUT2D eigenvalue weighted by molar-refractivity contribution is 6.04. The van der Waals surface area contributed by atoms with Crippen LogP contribution in [0.3, 0.4) is 0 Å². The third-order valence-electron chi connectivity index (χ3n) is 4.95. The van der Waals surface area contributed by atoms with Crippen LogP contribution in [-0.2, 0) is 9.59 Å². The van der Waals surface area contributed by atoms with Crippen LogP contribution < -0.4 is 19.7 Å². The highest BCUT2D eigenvalue weighted by atomic mass is 16.5. The summed E-state index contributed by atoms with van der Waals surface area (Å²) in [5.74, 6) is 0.524. The van der Waals surface area contributed by atoms with Gasteiger partial charge in [-0.3, -0.25) is 9.59 Å². The zero-order chi connectivity index (χ0) is 19.6. The second-order valence-electron chi connectivity index (χ2n) is 6.73. The van der Waals surface area contributed by atoms with E-state index >= 15 is 0 Å². The highest BCUT2D eigenvalue weighted by Crippen LogP contribution is 2.36. The van der Waals surface area contributed by atoms with Crippen molar-refractivity contribution in [2.75, 3.05) is 31.0 Å². The maximum atomic E-state index is 12.6. The molecule has 1 aliphatic rings. The van der Waals surface area contributed by atoms with E-state index in [4.69, 9.17) is 9.47 Å². The molecule has 1 fully saturated rings. The van der Waals surface area contributed by atoms with Crippen LogP contribution in [0.5, 0.6) is 11.5 Å². The number of carbonyl (C=O) groups excluding carboxylic acids is 2. The van der Waals surface area contributed by atoms with E-state index in [9.17, 15) is 9.59 Å². The lowest BCUT2D eigenvalue weighted by atomic mass is 10.1. The number of anilines is 2. The van der Waals surface area contributed by atoms with E-state index < -0.39 is 5.92 Å². The van der Waals surface area contributed by atoms with Crippen molar-refractivity contribution in [3.63, 3.8) is 0 Å². The fourth-order valence-corrected chi connectivity index (χ4v) is 3.19. The van der Waals surface area contributed by atoms with Crippen LogP contribution in [0.4, 0.5) is 11.4 Å². The number of ether oxygens (including phenoxy) is 2. The molecule has 1 atom stereocenters. The molecule has 1 saturated heterocycles. The Hall–Kier alpha value is -3.02. The fraction of sp³-hybridized carbons (Fsp3) is 0.333. The number of amides is 2. The summed E-state index contributed by atoms with van der Waals surface area (Å²) in [7, 11) is 3.12. The molecule has 3 rings (SSSR count). The normalized spacial score (nSPS) is 16.4. The average molecular weight is 368 g/mol. The van der Waals surface area contributed by atoms with Crippen LogP contribution in [0.1, 0.15) is 17.5 Å². The number of aryl methyl sites for hydroxylation is 2. The molecule has 142 valence electrons. The van der Waals surface area contributed by atoms with Gasteiger partial charge in [0.15, 0.2) is 0 Å². The number of hydrogen-bond acceptors (Lipinski definition) is 4. The molecule has 6 heteroatoms. The van der Waals surface area contributed by atoms with Crippen LogP contribution in [0.15, 0.2) is 36.4 Å². The Kier molecular flexibility index (Phi) is 5.35. The van der Waals surface area contributed by atoms with Crippen LogP contribution >= 0.6 is 0 Å². The topological polar surface area (TPSA) is 67.9 Å². The minimum Gasteiger partial charge on any atom is -0.497 e. The molecule has 2 aromatic carbocycles. The van der Waals surface area contributed by atoms with Gasteiger partial charge in [0.05, 0.1) is 25.8 Å². The van der Waals surface area contributed by atoms with Gasteiger partial charge in [-0.25, -0.2) is 0 Å². The molecule has 6 nitrogen and oxygen atoms in total. The number of benzene rings is 2. The fourth-order valence-electron chi connectivity index (χ4n) is 3.19. The first-order chi connectivity index (χ1) is 12.9. The molecule has 0 bridgehead atoms. The van der Waals surface area contributed by atoms with E-state index in [1.54, 1.807) is 37.3 Å². The number of hydrogen-bond donors (Lipinski definition) is 1. The van der Waals surface area contributed by atoms with Gasteiger partial charge in [0, 0.05) is 24.7 Å². The molecule has 0 unspecified atom stereocenters. The van der Waals surface area contributed by atoms with Crippen LogP contribution in [0.25, 0.3) is 0 Å². The number of nitrogens with one attached hydrogen (secondary N) is 1. The third-order valence-corrected chi connectivity index (χ3v) is 4.95. The van der Waals surface area contributed by atoms with Gasteiger partial charge in [0.25, 0.3) is 0 Å². The van der Waals surface area contributed by atoms with Crippen molar-refractivity contribution in [2.24, 2.45) is 5.92 Å². The summed E-state index contributed by atoms with van der Waals surface area (Å²) in [5, 5.41) is 2.92. The standard InChI is InChI=1S/C21H24N2O4/c1-13-5-6-16(9-14(13)2)22-21(25)15-10-20(24)23(12-15)18-8-7-17(26-3)11-19(18)27-4/h5-9,11,15H,10,12H2,1-4H3,(H,22,25)/t15-/m1/s1. The minimum absolute atomic E-state index is 0.0984. The summed E-state index contributed by atoms with van der Waals surface area (Å²) in [5.41, 5.74) is 3.67. The van der Waals surface area contributed by atoms with Crippen molar-refractivity contribution in [3.05, 3.63) is 47.5 Å². The van der Waals surface area contributed by atoms with Crippen LogP contribution in [-0.4, -0.2) is 32.6 Å². The second kappa shape index (κ2) is 7.70. The van der Waals surface area contributed by atoms with Crippen molar-refractivity contribution in [2.45, 2.75) is 20.3 Å². The van der Waals surface area contributed by atoms with Gasteiger partial charge >= 0.3 is 0 Å². The summed E-state index contributed by atoms with van der Waals surface area (Å²) in [6.07, 6.45) is 0.172. The first kappa shape index (κ1) is 18.8. The second-order valence-corrected chi connectivity index (χ2v) is 6.73. The number of nitrogens with zero attached hydrogens (tertiary/aromatic N) is 1. The largest absolute Gasteiger partial charge is 0.497 e. The lowest BCUT2D eigenvalue weighted by molar-refractivity contribution is -0.122. The highest BCUT2D eigenvalue weighted by Gasteiger charge is 2.36. The summed E-state index contributed by atoms with van der Waals surface area (Å²) in [6, 6.07) is 11.1. The Morgan fingerprint density at radius 2 is 1.85 bits per heavy atom. The monoisotopic (exact) mass is 368 g/mol. The number of rotatable bonds is 5. The maximum Gasteiger partial charge on any atom is 0.229 e. The van der Waals surface area contributed by atoms with Crippen molar-refractivity contribution >= 4 is 23.2 Å². The van der Waals surface area contributed by atoms with Gasteiger partial charge in [-0.1, -0.05) is 6.07 Å². The molecule has 1 N–H and O–H groups in total. The van der Waals surface area contributed by atoms with Crippen LogP contribution in [0.2, 0.25) is 0 Å². The first-order valence-electron chi connectivity index (χ1n) is 8.83. The Labute approximate surface area is 159 Å². The Morgan fingerprint density at radius 1 is 1.07 bits per heavy atom. The van der Waals surface area contributed by atoms with Crippen molar-refractivity contribution in [1.82, 2.24) is 0 Å². The molecule has 0 radical (unpaired) electrons. The van der Waals surface area contributed by atoms with E-state index in [2.05, 4.69) is 5.32 Å². The molecule has 0 spiro atoms. The molecule has 0 saturated carbocycles. The van der Waals surface area contributed by atoms with Gasteiger partial charge in [-0.15, -0.1) is 0 Å². The van der Waals surface area contributed by atoms with Gasteiger partial charge in [0.2, 0.25) is 11.8 Å². The predicted molar refractivity (Wildman–Crippen MR) is 105 cm³/mol. The molecule has 27 heavy (non-hydrogen) atoms. The Morgan fingerprint density at radius 3 is 2.52 bits per heavy atom.